The summed E-state index contributed by atoms with van der Waals surface area (Å²) in [4.78, 5) is 35.8. The third kappa shape index (κ3) is 7.27. The van der Waals surface area contributed by atoms with Crippen LogP contribution in [0.4, 0.5) is 0 Å². The molecule has 6 nitrogen and oxygen atoms in total. The van der Waals surface area contributed by atoms with Crippen molar-refractivity contribution in [2.75, 3.05) is 11.8 Å². The lowest BCUT2D eigenvalue weighted by molar-refractivity contribution is -0.165. The highest BCUT2D eigenvalue weighted by Crippen LogP contribution is 2.08. The zero-order chi connectivity index (χ0) is 14.0. The lowest BCUT2D eigenvalue weighted by Crippen LogP contribution is -2.31. The fraction of sp³-hybridized carbons (Fsp3) is 0.700. The normalized spacial score (nSPS) is 13.1. The van der Waals surface area contributed by atoms with E-state index in [9.17, 15) is 14.4 Å². The van der Waals surface area contributed by atoms with Crippen LogP contribution in [0.5, 0.6) is 0 Å². The molecule has 0 saturated carbocycles. The Morgan fingerprint density at radius 2 is 1.67 bits per heavy atom. The Labute approximate surface area is 114 Å². The molecule has 0 spiro atoms. The number of esters is 2. The zero-order valence-corrected chi connectivity index (χ0v) is 11.2. The first-order valence-corrected chi connectivity index (χ1v) is 6.20. The standard InChI is InChI=1S/C10H13Cl2NO5/c1-7(17-8(15)2-4-11)10(13-6-14)18-9(16)3-5-12/h7,10H,2-5H2,1H3. The Bertz CT molecular complexity index is 330. The molecule has 0 aromatic heterocycles. The number of aliphatic imine (C=N–C) groups is 1. The van der Waals surface area contributed by atoms with E-state index in [1.807, 2.05) is 0 Å². The van der Waals surface area contributed by atoms with Gasteiger partial charge in [0.25, 0.3) is 0 Å². The summed E-state index contributed by atoms with van der Waals surface area (Å²) in [6.45, 7) is 1.44. The molecule has 8 heteroatoms. The van der Waals surface area contributed by atoms with E-state index in [2.05, 4.69) is 4.99 Å². The highest BCUT2D eigenvalue weighted by atomic mass is 35.5. The minimum atomic E-state index is -1.22. The summed E-state index contributed by atoms with van der Waals surface area (Å²) in [5.74, 6) is -1.03. The van der Waals surface area contributed by atoms with Gasteiger partial charge in [-0.15, -0.1) is 23.2 Å². The smallest absolute Gasteiger partial charge is 0.309 e. The molecule has 0 aromatic carbocycles. The second-order valence-electron chi connectivity index (χ2n) is 3.17. The fourth-order valence-corrected chi connectivity index (χ4v) is 1.26. The second-order valence-corrected chi connectivity index (χ2v) is 3.93. The van der Waals surface area contributed by atoms with Gasteiger partial charge in [-0.3, -0.25) is 9.59 Å². The Hall–Kier alpha value is -1.10. The molecule has 0 N–H and O–H groups in total. The van der Waals surface area contributed by atoms with Crippen LogP contribution in [0.2, 0.25) is 0 Å². The highest BCUT2D eigenvalue weighted by molar-refractivity contribution is 6.19. The molecule has 2 atom stereocenters. The molecule has 0 saturated heterocycles. The van der Waals surface area contributed by atoms with E-state index in [0.717, 1.165) is 0 Å². The van der Waals surface area contributed by atoms with Crippen molar-refractivity contribution in [2.24, 2.45) is 4.99 Å². The predicted octanol–water partition coefficient (Wildman–Crippen LogP) is 1.38. The molecule has 0 rings (SSSR count). The largest absolute Gasteiger partial charge is 0.456 e. The Morgan fingerprint density at radius 1 is 1.17 bits per heavy atom. The molecule has 0 aliphatic carbocycles. The van der Waals surface area contributed by atoms with Gasteiger partial charge < -0.3 is 9.47 Å². The number of carbonyl (C=O) groups excluding carboxylic acids is 3. The number of carbonyl (C=O) groups is 2. The molecule has 0 radical (unpaired) electrons. The molecule has 0 aliphatic rings. The molecular weight excluding hydrogens is 285 g/mol. The molecule has 0 fully saturated rings. The van der Waals surface area contributed by atoms with Crippen LogP contribution >= 0.6 is 23.2 Å². The van der Waals surface area contributed by atoms with Gasteiger partial charge in [0.05, 0.1) is 12.8 Å². The molecular formula is C10H13Cl2NO5. The van der Waals surface area contributed by atoms with Gasteiger partial charge in [-0.05, 0) is 6.92 Å². The Balaban J connectivity index is 4.44. The molecule has 0 amide bonds. The van der Waals surface area contributed by atoms with Crippen LogP contribution in [-0.2, 0) is 23.9 Å². The molecule has 18 heavy (non-hydrogen) atoms. The minimum Gasteiger partial charge on any atom is -0.456 e. The maximum Gasteiger partial charge on any atom is 0.309 e. The maximum atomic E-state index is 11.2. The molecule has 0 aromatic rings. The first kappa shape index (κ1) is 16.9. The van der Waals surface area contributed by atoms with Crippen molar-refractivity contribution < 1.29 is 23.9 Å². The number of hydrogen-bond donors (Lipinski definition) is 0. The van der Waals surface area contributed by atoms with E-state index in [0.29, 0.717) is 0 Å². The molecule has 102 valence electrons. The Kier molecular flexibility index (Phi) is 9.28. The van der Waals surface area contributed by atoms with Crippen LogP contribution in [0.1, 0.15) is 19.8 Å². The average Bonchev–Trinajstić information content (AvgIpc) is 2.29. The SMILES string of the molecule is CC(OC(=O)CCCl)C(N=C=O)OC(=O)CCCl. The van der Waals surface area contributed by atoms with E-state index in [4.69, 9.17) is 32.7 Å². The maximum absolute atomic E-state index is 11.2. The summed E-state index contributed by atoms with van der Waals surface area (Å²) < 4.78 is 9.69. The van der Waals surface area contributed by atoms with Gasteiger partial charge in [0, 0.05) is 11.8 Å². The lowest BCUT2D eigenvalue weighted by Gasteiger charge is -2.19. The zero-order valence-electron chi connectivity index (χ0n) is 9.73. The number of alkyl halides is 2. The summed E-state index contributed by atoms with van der Waals surface area (Å²) >= 11 is 10.7. The molecule has 2 unspecified atom stereocenters. The van der Waals surface area contributed by atoms with Crippen molar-refractivity contribution in [3.8, 4) is 0 Å². The number of halogens is 2. The summed E-state index contributed by atoms with van der Waals surface area (Å²) in [7, 11) is 0. The Morgan fingerprint density at radius 3 is 2.11 bits per heavy atom. The number of nitrogens with zero attached hydrogens (tertiary/aromatic N) is 1. The van der Waals surface area contributed by atoms with E-state index in [-0.39, 0.29) is 24.6 Å². The number of ether oxygens (including phenoxy) is 2. The van der Waals surface area contributed by atoms with Gasteiger partial charge in [-0.2, -0.15) is 4.99 Å². The lowest BCUT2D eigenvalue weighted by atomic mass is 10.3. The summed E-state index contributed by atoms with van der Waals surface area (Å²) in [5, 5.41) is 0. The predicted molar refractivity (Wildman–Crippen MR) is 64.2 cm³/mol. The monoisotopic (exact) mass is 297 g/mol. The minimum absolute atomic E-state index is 0.0129. The van der Waals surface area contributed by atoms with Crippen LogP contribution in [-0.4, -0.2) is 42.1 Å². The molecule has 0 aliphatic heterocycles. The molecule has 0 heterocycles. The van der Waals surface area contributed by atoms with Crippen molar-refractivity contribution in [1.29, 1.82) is 0 Å². The van der Waals surface area contributed by atoms with Crippen molar-refractivity contribution in [1.82, 2.24) is 0 Å². The van der Waals surface area contributed by atoms with Gasteiger partial charge in [0.15, 0.2) is 6.10 Å². The van der Waals surface area contributed by atoms with Crippen LogP contribution < -0.4 is 0 Å². The average molecular weight is 298 g/mol. The second kappa shape index (κ2) is 9.88. The van der Waals surface area contributed by atoms with Crippen LogP contribution in [0, 0.1) is 0 Å². The van der Waals surface area contributed by atoms with Crippen LogP contribution in [0.15, 0.2) is 4.99 Å². The van der Waals surface area contributed by atoms with E-state index in [1.165, 1.54) is 13.0 Å². The van der Waals surface area contributed by atoms with Gasteiger partial charge in [0.1, 0.15) is 0 Å². The van der Waals surface area contributed by atoms with Gasteiger partial charge >= 0.3 is 11.9 Å². The topological polar surface area (TPSA) is 82.0 Å². The van der Waals surface area contributed by atoms with E-state index in [1.54, 1.807) is 0 Å². The van der Waals surface area contributed by atoms with Gasteiger partial charge in [-0.1, -0.05) is 0 Å². The highest BCUT2D eigenvalue weighted by Gasteiger charge is 2.24. The third-order valence-corrected chi connectivity index (χ3v) is 2.13. The van der Waals surface area contributed by atoms with Crippen molar-refractivity contribution in [3.05, 3.63) is 0 Å². The van der Waals surface area contributed by atoms with Crippen molar-refractivity contribution in [3.63, 3.8) is 0 Å². The fourth-order valence-electron chi connectivity index (χ4n) is 0.951. The van der Waals surface area contributed by atoms with Crippen LogP contribution in [0.25, 0.3) is 0 Å². The first-order chi connectivity index (χ1) is 8.54. The van der Waals surface area contributed by atoms with Crippen LogP contribution in [0.3, 0.4) is 0 Å². The summed E-state index contributed by atoms with van der Waals surface area (Å²) in [6.07, 6.45) is -0.897. The summed E-state index contributed by atoms with van der Waals surface area (Å²) in [6, 6.07) is 0. The number of isocyanates is 1. The van der Waals surface area contributed by atoms with Crippen molar-refractivity contribution >= 4 is 41.2 Å². The molecule has 0 bridgehead atoms. The van der Waals surface area contributed by atoms with Gasteiger partial charge in [-0.25, -0.2) is 4.79 Å². The van der Waals surface area contributed by atoms with Crippen molar-refractivity contribution in [2.45, 2.75) is 32.1 Å². The third-order valence-electron chi connectivity index (χ3n) is 1.75. The van der Waals surface area contributed by atoms with E-state index < -0.39 is 24.3 Å². The number of rotatable bonds is 8. The number of hydrogen-bond acceptors (Lipinski definition) is 6. The summed E-state index contributed by atoms with van der Waals surface area (Å²) in [5.41, 5.74) is 0. The van der Waals surface area contributed by atoms with Gasteiger partial charge in [0.2, 0.25) is 12.3 Å². The quantitative estimate of drug-likeness (QED) is 0.292. The first-order valence-electron chi connectivity index (χ1n) is 5.13. The van der Waals surface area contributed by atoms with E-state index >= 15 is 0 Å².